The van der Waals surface area contributed by atoms with Crippen molar-refractivity contribution in [1.29, 1.82) is 0 Å². The van der Waals surface area contributed by atoms with Gasteiger partial charge in [-0.25, -0.2) is 8.78 Å². The lowest BCUT2D eigenvalue weighted by Crippen LogP contribution is -2.18. The van der Waals surface area contributed by atoms with E-state index >= 15 is 0 Å². The van der Waals surface area contributed by atoms with Gasteiger partial charge in [-0.05, 0) is 47.2 Å². The number of anilines is 1. The summed E-state index contributed by atoms with van der Waals surface area (Å²) in [5, 5.41) is 10.3. The SMILES string of the molecule is Fc1ccc(N2N=C(C=Cc3cccs3)CC2c2cccs2)c(F)c1. The van der Waals surface area contributed by atoms with E-state index in [1.165, 1.54) is 12.1 Å². The number of halogens is 2. The Morgan fingerprint density at radius 1 is 1.04 bits per heavy atom. The molecule has 1 unspecified atom stereocenters. The molecule has 3 aromatic rings. The van der Waals surface area contributed by atoms with Crippen LogP contribution in [0.2, 0.25) is 0 Å². The first-order chi connectivity index (χ1) is 12.2. The van der Waals surface area contributed by atoms with Crippen LogP contribution in [0.1, 0.15) is 22.2 Å². The molecule has 2 aromatic heterocycles. The minimum atomic E-state index is -0.603. The van der Waals surface area contributed by atoms with Gasteiger partial charge in [-0.3, -0.25) is 5.01 Å². The van der Waals surface area contributed by atoms with Crippen LogP contribution in [-0.4, -0.2) is 5.71 Å². The van der Waals surface area contributed by atoms with E-state index in [4.69, 9.17) is 0 Å². The van der Waals surface area contributed by atoms with E-state index < -0.39 is 11.6 Å². The van der Waals surface area contributed by atoms with Crippen LogP contribution >= 0.6 is 22.7 Å². The van der Waals surface area contributed by atoms with E-state index in [9.17, 15) is 8.78 Å². The average Bonchev–Trinajstić information content (AvgIpc) is 3.34. The van der Waals surface area contributed by atoms with Crippen LogP contribution in [0.4, 0.5) is 14.5 Å². The van der Waals surface area contributed by atoms with Crippen molar-refractivity contribution in [2.24, 2.45) is 5.10 Å². The molecule has 1 atom stereocenters. The normalized spacial score (nSPS) is 17.4. The van der Waals surface area contributed by atoms with Crippen LogP contribution < -0.4 is 5.01 Å². The Morgan fingerprint density at radius 3 is 2.60 bits per heavy atom. The Kier molecular flexibility index (Phi) is 4.46. The Labute approximate surface area is 152 Å². The van der Waals surface area contributed by atoms with Gasteiger partial charge in [-0.1, -0.05) is 12.1 Å². The molecule has 4 rings (SSSR count). The standard InChI is InChI=1S/C19H14F2N2S2/c20-13-5-8-17(16(21)11-13)23-18(19-4-2-10-25-19)12-14(22-23)6-7-15-3-1-9-24-15/h1-11,18H,12H2. The van der Waals surface area contributed by atoms with Crippen LogP contribution in [0.3, 0.4) is 0 Å². The number of hydrogen-bond acceptors (Lipinski definition) is 4. The molecule has 0 spiro atoms. The molecule has 0 saturated carbocycles. The summed E-state index contributed by atoms with van der Waals surface area (Å²) in [6.07, 6.45) is 4.66. The zero-order valence-electron chi connectivity index (χ0n) is 13.1. The Hall–Kier alpha value is -2.31. The predicted octanol–water partition coefficient (Wildman–Crippen LogP) is 6.11. The summed E-state index contributed by atoms with van der Waals surface area (Å²) in [6, 6.07) is 11.5. The number of rotatable bonds is 4. The molecule has 0 fully saturated rings. The third-order valence-electron chi connectivity index (χ3n) is 3.95. The van der Waals surface area contributed by atoms with E-state index in [-0.39, 0.29) is 6.04 Å². The largest absolute Gasteiger partial charge is 0.254 e. The fourth-order valence-electron chi connectivity index (χ4n) is 2.79. The van der Waals surface area contributed by atoms with Crippen molar-refractivity contribution < 1.29 is 8.78 Å². The molecule has 0 amide bonds. The molecule has 6 heteroatoms. The van der Waals surface area contributed by atoms with Crippen LogP contribution in [0.25, 0.3) is 6.08 Å². The van der Waals surface area contributed by atoms with Crippen molar-refractivity contribution in [1.82, 2.24) is 0 Å². The summed E-state index contributed by atoms with van der Waals surface area (Å²) in [5.74, 6) is -1.19. The summed E-state index contributed by atoms with van der Waals surface area (Å²) < 4.78 is 27.5. The molecule has 3 heterocycles. The number of hydrogen-bond donors (Lipinski definition) is 0. The molecule has 2 nitrogen and oxygen atoms in total. The molecule has 126 valence electrons. The van der Waals surface area contributed by atoms with Crippen LogP contribution in [0, 0.1) is 11.6 Å². The van der Waals surface area contributed by atoms with Gasteiger partial charge < -0.3 is 0 Å². The first kappa shape index (κ1) is 16.2. The Bertz CT molecular complexity index is 915. The summed E-state index contributed by atoms with van der Waals surface area (Å²) >= 11 is 3.26. The second-order valence-corrected chi connectivity index (χ2v) is 7.57. The van der Waals surface area contributed by atoms with Crippen LogP contribution in [0.5, 0.6) is 0 Å². The van der Waals surface area contributed by atoms with Gasteiger partial charge in [0, 0.05) is 22.2 Å². The van der Waals surface area contributed by atoms with E-state index in [0.29, 0.717) is 12.1 Å². The smallest absolute Gasteiger partial charge is 0.151 e. The highest BCUT2D eigenvalue weighted by Crippen LogP contribution is 2.38. The molecule has 25 heavy (non-hydrogen) atoms. The molecule has 0 radical (unpaired) electrons. The van der Waals surface area contributed by atoms with E-state index in [0.717, 1.165) is 21.5 Å². The monoisotopic (exact) mass is 372 g/mol. The number of benzene rings is 1. The van der Waals surface area contributed by atoms with Crippen molar-refractivity contribution in [2.75, 3.05) is 5.01 Å². The summed E-state index contributed by atoms with van der Waals surface area (Å²) in [6.45, 7) is 0. The van der Waals surface area contributed by atoms with E-state index in [2.05, 4.69) is 5.10 Å². The van der Waals surface area contributed by atoms with Gasteiger partial charge >= 0.3 is 0 Å². The molecule has 0 N–H and O–H groups in total. The average molecular weight is 372 g/mol. The van der Waals surface area contributed by atoms with Crippen molar-refractivity contribution in [2.45, 2.75) is 12.5 Å². The summed E-state index contributed by atoms with van der Waals surface area (Å²) in [4.78, 5) is 2.24. The maximum Gasteiger partial charge on any atom is 0.151 e. The number of thiophene rings is 2. The molecular formula is C19H14F2N2S2. The second-order valence-electron chi connectivity index (χ2n) is 5.62. The van der Waals surface area contributed by atoms with Gasteiger partial charge in [-0.15, -0.1) is 22.7 Å². The van der Waals surface area contributed by atoms with Gasteiger partial charge in [0.05, 0.1) is 17.4 Å². The third-order valence-corrected chi connectivity index (χ3v) is 5.76. The lowest BCUT2D eigenvalue weighted by atomic mass is 10.1. The number of nitrogens with zero attached hydrogens (tertiary/aromatic N) is 2. The van der Waals surface area contributed by atoms with Crippen molar-refractivity contribution >= 4 is 40.1 Å². The highest BCUT2D eigenvalue weighted by Gasteiger charge is 2.30. The van der Waals surface area contributed by atoms with Gasteiger partial charge in [-0.2, -0.15) is 5.10 Å². The van der Waals surface area contributed by atoms with Gasteiger partial charge in [0.15, 0.2) is 5.82 Å². The fourth-order valence-corrected chi connectivity index (χ4v) is 4.22. The van der Waals surface area contributed by atoms with E-state index in [1.54, 1.807) is 27.7 Å². The predicted molar refractivity (Wildman–Crippen MR) is 101 cm³/mol. The molecule has 0 bridgehead atoms. The Balaban J connectivity index is 1.68. The number of allylic oxidation sites excluding steroid dienone is 1. The third kappa shape index (κ3) is 3.41. The molecule has 1 aliphatic rings. The molecule has 1 aromatic carbocycles. The van der Waals surface area contributed by atoms with Crippen LogP contribution in [-0.2, 0) is 0 Å². The van der Waals surface area contributed by atoms with Crippen molar-refractivity contribution in [3.63, 3.8) is 0 Å². The zero-order valence-corrected chi connectivity index (χ0v) is 14.7. The summed E-state index contributed by atoms with van der Waals surface area (Å²) in [5.41, 5.74) is 1.16. The maximum absolute atomic E-state index is 14.3. The fraction of sp³-hybridized carbons (Fsp3) is 0.105. The highest BCUT2D eigenvalue weighted by molar-refractivity contribution is 7.10. The number of hydrazone groups is 1. The second kappa shape index (κ2) is 6.90. The van der Waals surface area contributed by atoms with Crippen molar-refractivity contribution in [3.8, 4) is 0 Å². The first-order valence-electron chi connectivity index (χ1n) is 7.77. The quantitative estimate of drug-likeness (QED) is 0.539. The lowest BCUT2D eigenvalue weighted by molar-refractivity contribution is 0.574. The van der Waals surface area contributed by atoms with E-state index in [1.807, 2.05) is 47.2 Å². The molecule has 0 aliphatic carbocycles. The zero-order chi connectivity index (χ0) is 17.2. The van der Waals surface area contributed by atoms with Gasteiger partial charge in [0.25, 0.3) is 0 Å². The maximum atomic E-state index is 14.3. The highest BCUT2D eigenvalue weighted by atomic mass is 32.1. The first-order valence-corrected chi connectivity index (χ1v) is 9.53. The van der Waals surface area contributed by atoms with Crippen LogP contribution in [0.15, 0.2) is 64.4 Å². The molecule has 1 aliphatic heterocycles. The van der Waals surface area contributed by atoms with Gasteiger partial charge in [0.1, 0.15) is 5.82 Å². The minimum Gasteiger partial charge on any atom is -0.254 e. The molecule has 0 saturated heterocycles. The molecular weight excluding hydrogens is 358 g/mol. The summed E-state index contributed by atoms with van der Waals surface area (Å²) in [7, 11) is 0. The minimum absolute atomic E-state index is 0.0806. The Morgan fingerprint density at radius 2 is 1.88 bits per heavy atom. The van der Waals surface area contributed by atoms with Gasteiger partial charge in [0.2, 0.25) is 0 Å². The van der Waals surface area contributed by atoms with Crippen molar-refractivity contribution in [3.05, 3.63) is 80.7 Å². The lowest BCUT2D eigenvalue weighted by Gasteiger charge is -2.23. The topological polar surface area (TPSA) is 15.6 Å².